The van der Waals surface area contributed by atoms with E-state index in [1.807, 2.05) is 11.6 Å². The van der Waals surface area contributed by atoms with Gasteiger partial charge in [-0.05, 0) is 25.0 Å². The van der Waals surface area contributed by atoms with Gasteiger partial charge >= 0.3 is 0 Å². The number of benzene rings is 1. The Labute approximate surface area is 186 Å². The zero-order chi connectivity index (χ0) is 22.4. The van der Waals surface area contributed by atoms with Gasteiger partial charge in [-0.15, -0.1) is 0 Å². The summed E-state index contributed by atoms with van der Waals surface area (Å²) in [5, 5.41) is 13.8. The number of aromatic nitrogens is 4. The van der Waals surface area contributed by atoms with Crippen LogP contribution in [0.3, 0.4) is 0 Å². The van der Waals surface area contributed by atoms with E-state index >= 15 is 0 Å². The van der Waals surface area contributed by atoms with Crippen molar-refractivity contribution in [3.05, 3.63) is 35.0 Å². The zero-order valence-electron chi connectivity index (χ0n) is 18.5. The molecule has 10 nitrogen and oxygen atoms in total. The zero-order valence-corrected chi connectivity index (χ0v) is 18.5. The van der Waals surface area contributed by atoms with Crippen molar-refractivity contribution in [2.45, 2.75) is 38.5 Å². The SMILES string of the molecule is COc1cc(CN2C[C@@H]3C[C@H]2CN3CCO)ccc1Cn1nc(C)c2nc(N)nc(N)c21. The lowest BCUT2D eigenvalue weighted by Crippen LogP contribution is -2.46. The first-order valence-electron chi connectivity index (χ1n) is 11.0. The molecule has 5 rings (SSSR count). The average molecular weight is 439 g/mol. The van der Waals surface area contributed by atoms with Crippen LogP contribution in [0.4, 0.5) is 11.8 Å². The normalized spacial score (nSPS) is 21.1. The quantitative estimate of drug-likeness (QED) is 0.485. The van der Waals surface area contributed by atoms with Gasteiger partial charge in [-0.25, -0.2) is 4.98 Å². The number of aryl methyl sites for hydroxylation is 1. The summed E-state index contributed by atoms with van der Waals surface area (Å²) in [6, 6.07) is 7.49. The highest BCUT2D eigenvalue weighted by Gasteiger charge is 2.42. The molecule has 2 aliphatic rings. The van der Waals surface area contributed by atoms with Gasteiger partial charge in [0, 0.05) is 43.8 Å². The molecule has 2 fully saturated rings. The molecule has 4 heterocycles. The second-order valence-electron chi connectivity index (χ2n) is 8.74. The van der Waals surface area contributed by atoms with Crippen LogP contribution in [0.15, 0.2) is 18.2 Å². The fourth-order valence-corrected chi connectivity index (χ4v) is 5.23. The van der Waals surface area contributed by atoms with E-state index in [4.69, 9.17) is 16.2 Å². The van der Waals surface area contributed by atoms with E-state index < -0.39 is 0 Å². The van der Waals surface area contributed by atoms with E-state index in [-0.39, 0.29) is 12.6 Å². The van der Waals surface area contributed by atoms with Crippen LogP contribution in [0, 0.1) is 6.92 Å². The van der Waals surface area contributed by atoms with Gasteiger partial charge in [0.25, 0.3) is 0 Å². The molecule has 2 saturated heterocycles. The van der Waals surface area contributed by atoms with Crippen LogP contribution in [0.25, 0.3) is 11.0 Å². The standard InChI is InChI=1S/C22H30N8O2/c1-13-19-20(21(23)26-22(24)25-19)30(27-13)10-15-4-3-14(7-18(15)32-2)9-29-12-16-8-17(29)11-28(16)5-6-31/h3-4,7,16-17,31H,5-6,8-12H2,1-2H3,(H4,23,24,25,26)/t16-,17-/m0/s1. The summed E-state index contributed by atoms with van der Waals surface area (Å²) in [5.41, 5.74) is 16.2. The lowest BCUT2D eigenvalue weighted by atomic mass is 10.1. The van der Waals surface area contributed by atoms with E-state index in [1.54, 1.807) is 7.11 Å². The van der Waals surface area contributed by atoms with Crippen molar-refractivity contribution in [2.24, 2.45) is 0 Å². The number of aliphatic hydroxyl groups is 1. The maximum Gasteiger partial charge on any atom is 0.222 e. The molecule has 0 saturated carbocycles. The van der Waals surface area contributed by atoms with Gasteiger partial charge in [0.15, 0.2) is 5.82 Å². The Bertz CT molecular complexity index is 1150. The Morgan fingerprint density at radius 1 is 1.12 bits per heavy atom. The smallest absolute Gasteiger partial charge is 0.222 e. The Balaban J connectivity index is 1.35. The number of nitrogens with two attached hydrogens (primary N) is 2. The fraction of sp³-hybridized carbons (Fsp3) is 0.500. The fourth-order valence-electron chi connectivity index (χ4n) is 5.23. The molecule has 2 aromatic heterocycles. The first-order chi connectivity index (χ1) is 15.5. The molecule has 32 heavy (non-hydrogen) atoms. The summed E-state index contributed by atoms with van der Waals surface area (Å²) in [6.07, 6.45) is 1.19. The number of nitrogen functional groups attached to an aromatic ring is 2. The number of hydrogen-bond donors (Lipinski definition) is 3. The number of ether oxygens (including phenoxy) is 1. The van der Waals surface area contributed by atoms with Crippen molar-refractivity contribution in [1.29, 1.82) is 0 Å². The predicted molar refractivity (Wildman–Crippen MR) is 122 cm³/mol. The highest BCUT2D eigenvalue weighted by atomic mass is 16.5. The molecule has 0 unspecified atom stereocenters. The van der Waals surface area contributed by atoms with E-state index in [0.29, 0.717) is 35.5 Å². The highest BCUT2D eigenvalue weighted by Crippen LogP contribution is 2.32. The number of hydrogen-bond acceptors (Lipinski definition) is 9. The number of rotatable bonds is 7. The molecule has 0 radical (unpaired) electrons. The molecule has 3 aromatic rings. The average Bonchev–Trinajstić information content (AvgIpc) is 3.42. The minimum atomic E-state index is 0.148. The Hall–Kier alpha value is -2.95. The van der Waals surface area contributed by atoms with Gasteiger partial charge in [0.05, 0.1) is 26.0 Å². The van der Waals surface area contributed by atoms with Gasteiger partial charge in [0.2, 0.25) is 5.95 Å². The van der Waals surface area contributed by atoms with Crippen molar-refractivity contribution in [3.8, 4) is 5.75 Å². The molecule has 5 N–H and O–H groups in total. The molecule has 2 aliphatic heterocycles. The van der Waals surface area contributed by atoms with Crippen molar-refractivity contribution in [1.82, 2.24) is 29.5 Å². The van der Waals surface area contributed by atoms with Gasteiger partial charge in [-0.3, -0.25) is 14.5 Å². The molecule has 10 heteroatoms. The molecule has 0 spiro atoms. The topological polar surface area (TPSA) is 132 Å². The Kier molecular flexibility index (Phi) is 5.36. The summed E-state index contributed by atoms with van der Waals surface area (Å²) in [6.45, 7) is 6.39. The van der Waals surface area contributed by atoms with Crippen LogP contribution in [0.2, 0.25) is 0 Å². The third kappa shape index (κ3) is 3.64. The van der Waals surface area contributed by atoms with Gasteiger partial charge in [-0.1, -0.05) is 12.1 Å². The van der Waals surface area contributed by atoms with Crippen LogP contribution >= 0.6 is 0 Å². The monoisotopic (exact) mass is 438 g/mol. The molecular weight excluding hydrogens is 408 g/mol. The van der Waals surface area contributed by atoms with Gasteiger partial charge < -0.3 is 21.3 Å². The van der Waals surface area contributed by atoms with E-state index in [1.165, 1.54) is 12.0 Å². The first-order valence-corrected chi connectivity index (χ1v) is 11.0. The van der Waals surface area contributed by atoms with Crippen molar-refractivity contribution < 1.29 is 9.84 Å². The number of β-amino-alcohol motifs (C(OH)–C–C–N with tert-alkyl or cyclic N) is 1. The van der Waals surface area contributed by atoms with Crippen LogP contribution in [0.5, 0.6) is 5.75 Å². The molecule has 2 atom stereocenters. The Morgan fingerprint density at radius 3 is 2.62 bits per heavy atom. The van der Waals surface area contributed by atoms with E-state index in [2.05, 4.69) is 43.1 Å². The molecule has 1 aromatic carbocycles. The molecular formula is C22H30N8O2. The Morgan fingerprint density at radius 2 is 1.91 bits per heavy atom. The number of methoxy groups -OCH3 is 1. The highest BCUT2D eigenvalue weighted by molar-refractivity contribution is 5.87. The minimum absolute atomic E-state index is 0.148. The molecule has 170 valence electrons. The number of aliphatic hydroxyl groups excluding tert-OH is 1. The third-order valence-corrected chi connectivity index (χ3v) is 6.71. The maximum atomic E-state index is 9.24. The number of anilines is 2. The van der Waals surface area contributed by atoms with Crippen LogP contribution < -0.4 is 16.2 Å². The molecule has 2 bridgehead atoms. The van der Waals surface area contributed by atoms with Crippen molar-refractivity contribution >= 4 is 22.8 Å². The summed E-state index contributed by atoms with van der Waals surface area (Å²) < 4.78 is 7.54. The predicted octanol–water partition coefficient (Wildman–Crippen LogP) is 0.607. The first kappa shape index (κ1) is 20.9. The molecule has 0 aliphatic carbocycles. The summed E-state index contributed by atoms with van der Waals surface area (Å²) >= 11 is 0. The second-order valence-corrected chi connectivity index (χ2v) is 8.74. The van der Waals surface area contributed by atoms with Gasteiger partial charge in [0.1, 0.15) is 16.8 Å². The third-order valence-electron chi connectivity index (χ3n) is 6.71. The number of nitrogens with zero attached hydrogens (tertiary/aromatic N) is 6. The van der Waals surface area contributed by atoms with Crippen LogP contribution in [0.1, 0.15) is 23.2 Å². The van der Waals surface area contributed by atoms with Crippen LogP contribution in [-0.2, 0) is 13.1 Å². The number of piperazine rings is 1. The number of likely N-dealkylation sites (tertiary alicyclic amines) is 2. The summed E-state index contributed by atoms with van der Waals surface area (Å²) in [4.78, 5) is 13.3. The summed E-state index contributed by atoms with van der Waals surface area (Å²) in [7, 11) is 1.69. The van der Waals surface area contributed by atoms with Gasteiger partial charge in [-0.2, -0.15) is 10.1 Å². The van der Waals surface area contributed by atoms with E-state index in [0.717, 1.165) is 43.2 Å². The van der Waals surface area contributed by atoms with E-state index in [9.17, 15) is 5.11 Å². The second kappa shape index (κ2) is 8.19. The van der Waals surface area contributed by atoms with Crippen molar-refractivity contribution in [3.63, 3.8) is 0 Å². The lowest BCUT2D eigenvalue weighted by Gasteiger charge is -2.33. The van der Waals surface area contributed by atoms with Crippen molar-refractivity contribution in [2.75, 3.05) is 44.8 Å². The van der Waals surface area contributed by atoms with Crippen LogP contribution in [-0.4, -0.2) is 80.1 Å². The number of fused-ring (bicyclic) bond motifs is 3. The lowest BCUT2D eigenvalue weighted by molar-refractivity contribution is 0.105. The largest absolute Gasteiger partial charge is 0.496 e. The summed E-state index contributed by atoms with van der Waals surface area (Å²) in [5.74, 6) is 1.29. The minimum Gasteiger partial charge on any atom is -0.496 e. The molecule has 0 amide bonds. The maximum absolute atomic E-state index is 9.24.